The number of ether oxygens (including phenoxy) is 2. The van der Waals surface area contributed by atoms with E-state index >= 15 is 0 Å². The topological polar surface area (TPSA) is 84.9 Å². The van der Waals surface area contributed by atoms with Gasteiger partial charge in [0.05, 0.1) is 17.1 Å². The summed E-state index contributed by atoms with van der Waals surface area (Å²) in [5, 5.41) is 2.75. The second-order valence-electron chi connectivity index (χ2n) is 6.71. The van der Waals surface area contributed by atoms with Gasteiger partial charge in [0.25, 0.3) is 15.9 Å². The summed E-state index contributed by atoms with van der Waals surface area (Å²) in [6.45, 7) is 3.89. The van der Waals surface area contributed by atoms with E-state index in [1.807, 2.05) is 6.07 Å². The minimum atomic E-state index is -3.91. The van der Waals surface area contributed by atoms with E-state index in [2.05, 4.69) is 11.9 Å². The van der Waals surface area contributed by atoms with Crippen molar-refractivity contribution in [3.8, 4) is 11.5 Å². The predicted molar refractivity (Wildman–Crippen MR) is 118 cm³/mol. The molecule has 1 aliphatic heterocycles. The molecule has 158 valence electrons. The van der Waals surface area contributed by atoms with Crippen molar-refractivity contribution in [2.75, 3.05) is 23.0 Å². The Kier molecular flexibility index (Phi) is 5.64. The van der Waals surface area contributed by atoms with Gasteiger partial charge in [0.2, 0.25) is 6.79 Å². The number of hydrogen-bond donors (Lipinski definition) is 1. The van der Waals surface area contributed by atoms with E-state index in [9.17, 15) is 13.2 Å². The van der Waals surface area contributed by atoms with Gasteiger partial charge in [0.15, 0.2) is 11.5 Å². The molecule has 1 amide bonds. The molecule has 0 bridgehead atoms. The molecular weight excluding hydrogens is 416 g/mol. The van der Waals surface area contributed by atoms with Crippen molar-refractivity contribution in [3.63, 3.8) is 0 Å². The van der Waals surface area contributed by atoms with Gasteiger partial charge in [-0.25, -0.2) is 8.42 Å². The zero-order valence-corrected chi connectivity index (χ0v) is 17.3. The molecule has 0 unspecified atom stereocenters. The van der Waals surface area contributed by atoms with Crippen LogP contribution in [0.5, 0.6) is 11.5 Å². The van der Waals surface area contributed by atoms with Crippen molar-refractivity contribution >= 4 is 27.3 Å². The van der Waals surface area contributed by atoms with E-state index in [-0.39, 0.29) is 23.8 Å². The number of para-hydroxylation sites is 1. The van der Waals surface area contributed by atoms with Crippen LogP contribution >= 0.6 is 0 Å². The second kappa shape index (κ2) is 8.53. The fraction of sp³-hybridized carbons (Fsp3) is 0.0870. The van der Waals surface area contributed by atoms with Gasteiger partial charge in [-0.1, -0.05) is 30.3 Å². The lowest BCUT2D eigenvalue weighted by Gasteiger charge is -2.23. The van der Waals surface area contributed by atoms with E-state index in [0.29, 0.717) is 22.9 Å². The van der Waals surface area contributed by atoms with E-state index in [0.717, 1.165) is 0 Å². The Bertz CT molecular complexity index is 1230. The summed E-state index contributed by atoms with van der Waals surface area (Å²) in [5.74, 6) is 0.706. The number of carbonyl (C=O) groups excluding carboxylic acids is 1. The van der Waals surface area contributed by atoms with Gasteiger partial charge in [-0.05, 0) is 42.5 Å². The van der Waals surface area contributed by atoms with E-state index < -0.39 is 15.9 Å². The average Bonchev–Trinajstić information content (AvgIpc) is 3.26. The molecule has 3 aromatic rings. The SMILES string of the molecule is C=CCN(c1ccccc1)S(=O)(=O)c1cccc(C(=O)Nc2ccc3c(c2)OCO3)c1. The molecule has 8 heteroatoms. The quantitative estimate of drug-likeness (QED) is 0.565. The summed E-state index contributed by atoms with van der Waals surface area (Å²) in [7, 11) is -3.91. The molecule has 7 nitrogen and oxygen atoms in total. The number of fused-ring (bicyclic) bond motifs is 1. The molecule has 0 atom stereocenters. The number of hydrogen-bond acceptors (Lipinski definition) is 5. The normalized spacial score (nSPS) is 12.3. The first kappa shape index (κ1) is 20.5. The van der Waals surface area contributed by atoms with Crippen LogP contribution in [0.2, 0.25) is 0 Å². The molecule has 0 saturated carbocycles. The molecule has 0 spiro atoms. The third-order valence-corrected chi connectivity index (χ3v) is 6.44. The molecule has 1 N–H and O–H groups in total. The van der Waals surface area contributed by atoms with Crippen molar-refractivity contribution in [2.45, 2.75) is 4.90 Å². The van der Waals surface area contributed by atoms with Crippen LogP contribution in [-0.2, 0) is 10.0 Å². The molecule has 31 heavy (non-hydrogen) atoms. The molecule has 4 rings (SSSR count). The molecular formula is C23H20N2O5S. The van der Waals surface area contributed by atoms with Gasteiger partial charge >= 0.3 is 0 Å². The molecule has 0 saturated heterocycles. The number of nitrogens with zero attached hydrogens (tertiary/aromatic N) is 1. The van der Waals surface area contributed by atoms with Crippen LogP contribution in [0.15, 0.2) is 90.3 Å². The number of rotatable bonds is 7. The summed E-state index contributed by atoms with van der Waals surface area (Å²) in [5.41, 5.74) is 1.24. The van der Waals surface area contributed by atoms with Crippen LogP contribution in [0.4, 0.5) is 11.4 Å². The fourth-order valence-corrected chi connectivity index (χ4v) is 4.64. The smallest absolute Gasteiger partial charge is 0.264 e. The molecule has 0 fully saturated rings. The highest BCUT2D eigenvalue weighted by Crippen LogP contribution is 2.34. The second-order valence-corrected chi connectivity index (χ2v) is 8.57. The first-order valence-electron chi connectivity index (χ1n) is 9.49. The number of sulfonamides is 1. The Labute approximate surface area is 180 Å². The predicted octanol–water partition coefficient (Wildman–Crippen LogP) is 4.05. The van der Waals surface area contributed by atoms with Crippen molar-refractivity contribution in [3.05, 3.63) is 91.0 Å². The summed E-state index contributed by atoms with van der Waals surface area (Å²) in [6.07, 6.45) is 1.51. The molecule has 1 heterocycles. The van der Waals surface area contributed by atoms with Crippen molar-refractivity contribution in [1.29, 1.82) is 0 Å². The third-order valence-electron chi connectivity index (χ3n) is 4.65. The van der Waals surface area contributed by atoms with Crippen LogP contribution in [0.1, 0.15) is 10.4 Å². The highest BCUT2D eigenvalue weighted by molar-refractivity contribution is 7.92. The summed E-state index contributed by atoms with van der Waals surface area (Å²) < 4.78 is 38.4. The lowest BCUT2D eigenvalue weighted by Crippen LogP contribution is -2.31. The van der Waals surface area contributed by atoms with Gasteiger partial charge in [-0.3, -0.25) is 9.10 Å². The average molecular weight is 436 g/mol. The van der Waals surface area contributed by atoms with Crippen molar-refractivity contribution in [2.24, 2.45) is 0 Å². The minimum Gasteiger partial charge on any atom is -0.454 e. The molecule has 1 aliphatic rings. The minimum absolute atomic E-state index is 0.0107. The van der Waals surface area contributed by atoms with Crippen LogP contribution in [-0.4, -0.2) is 27.7 Å². The first-order valence-corrected chi connectivity index (χ1v) is 10.9. The van der Waals surface area contributed by atoms with Crippen molar-refractivity contribution < 1.29 is 22.7 Å². The van der Waals surface area contributed by atoms with E-state index in [1.165, 1.54) is 22.5 Å². The Morgan fingerprint density at radius 2 is 1.77 bits per heavy atom. The van der Waals surface area contributed by atoms with Crippen LogP contribution in [0, 0.1) is 0 Å². The van der Waals surface area contributed by atoms with E-state index in [1.54, 1.807) is 54.6 Å². The maximum atomic E-state index is 13.3. The lowest BCUT2D eigenvalue weighted by molar-refractivity contribution is 0.102. The summed E-state index contributed by atoms with van der Waals surface area (Å²) >= 11 is 0. The maximum Gasteiger partial charge on any atom is 0.264 e. The third kappa shape index (κ3) is 4.24. The van der Waals surface area contributed by atoms with Gasteiger partial charge in [-0.15, -0.1) is 6.58 Å². The zero-order chi connectivity index (χ0) is 21.8. The van der Waals surface area contributed by atoms with Crippen LogP contribution in [0.25, 0.3) is 0 Å². The Balaban J connectivity index is 1.60. The maximum absolute atomic E-state index is 13.3. The monoisotopic (exact) mass is 436 g/mol. The fourth-order valence-electron chi connectivity index (χ4n) is 3.16. The highest BCUT2D eigenvalue weighted by Gasteiger charge is 2.25. The van der Waals surface area contributed by atoms with Gasteiger partial charge in [0.1, 0.15) is 0 Å². The first-order chi connectivity index (χ1) is 15.0. The highest BCUT2D eigenvalue weighted by atomic mass is 32.2. The number of anilines is 2. The molecule has 3 aromatic carbocycles. The summed E-state index contributed by atoms with van der Waals surface area (Å²) in [6, 6.07) is 19.7. The Hall–Kier alpha value is -3.78. The molecule has 0 radical (unpaired) electrons. The van der Waals surface area contributed by atoms with Crippen molar-refractivity contribution in [1.82, 2.24) is 0 Å². The lowest BCUT2D eigenvalue weighted by atomic mass is 10.2. The number of benzene rings is 3. The molecule has 0 aliphatic carbocycles. The number of carbonyl (C=O) groups is 1. The van der Waals surface area contributed by atoms with Gasteiger partial charge in [-0.2, -0.15) is 0 Å². The Morgan fingerprint density at radius 1 is 1.00 bits per heavy atom. The summed E-state index contributed by atoms with van der Waals surface area (Å²) in [4.78, 5) is 12.8. The van der Waals surface area contributed by atoms with Gasteiger partial charge in [0, 0.05) is 17.3 Å². The zero-order valence-electron chi connectivity index (χ0n) is 16.5. The standard InChI is InChI=1S/C23H20N2O5S/c1-2-13-25(19-8-4-3-5-9-19)31(27,28)20-10-6-7-17(14-20)23(26)24-18-11-12-21-22(15-18)30-16-29-21/h2-12,14-15H,1,13,16H2,(H,24,26). The number of amides is 1. The van der Waals surface area contributed by atoms with Gasteiger partial charge < -0.3 is 14.8 Å². The molecule has 0 aromatic heterocycles. The van der Waals surface area contributed by atoms with Crippen LogP contribution in [0.3, 0.4) is 0 Å². The van der Waals surface area contributed by atoms with E-state index in [4.69, 9.17) is 9.47 Å². The van der Waals surface area contributed by atoms with Crippen LogP contribution < -0.4 is 19.1 Å². The largest absolute Gasteiger partial charge is 0.454 e. The number of nitrogens with one attached hydrogen (secondary N) is 1. The Morgan fingerprint density at radius 3 is 2.55 bits per heavy atom.